The van der Waals surface area contributed by atoms with Crippen LogP contribution in [0, 0.1) is 0 Å². The van der Waals surface area contributed by atoms with Crippen molar-refractivity contribution in [1.82, 2.24) is 4.98 Å². The van der Waals surface area contributed by atoms with Crippen LogP contribution in [-0.4, -0.2) is 58.2 Å². The van der Waals surface area contributed by atoms with E-state index in [4.69, 9.17) is 19.7 Å². The van der Waals surface area contributed by atoms with Crippen molar-refractivity contribution < 1.29 is 29.6 Å². The third kappa shape index (κ3) is 4.37. The van der Waals surface area contributed by atoms with Crippen LogP contribution < -0.4 is 10.1 Å². The molecule has 1 aliphatic rings. The number of carbonyl (C=O) groups excluding carboxylic acids is 1. The number of nitrogens with zero attached hydrogens (tertiary/aromatic N) is 1. The standard InChI is InChI=1S/C17H20N2O6S/c20-5-6-24-11-3-1-10(2-4-11)18-16(23)12-9-26-17(19-12)14-7-13(22)15(8-21)25-14/h1-4,9,13-15,20-22H,5-8H2,(H,18,23)/t13-,14-,15+/m0/s1. The van der Waals surface area contributed by atoms with E-state index in [-0.39, 0.29) is 31.4 Å². The summed E-state index contributed by atoms with van der Waals surface area (Å²) in [6.45, 7) is -0.109. The van der Waals surface area contributed by atoms with Crippen LogP contribution in [0.4, 0.5) is 5.69 Å². The van der Waals surface area contributed by atoms with Crippen molar-refractivity contribution in [2.45, 2.75) is 24.7 Å². The molecule has 1 aromatic carbocycles. The maximum Gasteiger partial charge on any atom is 0.275 e. The Morgan fingerprint density at radius 2 is 2.12 bits per heavy atom. The first kappa shape index (κ1) is 18.7. The van der Waals surface area contributed by atoms with Crippen LogP contribution in [0.25, 0.3) is 0 Å². The highest BCUT2D eigenvalue weighted by Gasteiger charge is 2.36. The van der Waals surface area contributed by atoms with Crippen LogP contribution in [-0.2, 0) is 4.74 Å². The smallest absolute Gasteiger partial charge is 0.275 e. The highest BCUT2D eigenvalue weighted by molar-refractivity contribution is 7.09. The number of carbonyl (C=O) groups is 1. The number of hydrogen-bond acceptors (Lipinski definition) is 8. The number of hydrogen-bond donors (Lipinski definition) is 4. The van der Waals surface area contributed by atoms with Crippen molar-refractivity contribution in [3.05, 3.63) is 40.3 Å². The average Bonchev–Trinajstić information content (AvgIpc) is 3.27. The highest BCUT2D eigenvalue weighted by Crippen LogP contribution is 2.34. The first-order valence-corrected chi connectivity index (χ1v) is 9.03. The summed E-state index contributed by atoms with van der Waals surface area (Å²) in [4.78, 5) is 16.6. The summed E-state index contributed by atoms with van der Waals surface area (Å²) in [5.41, 5.74) is 0.852. The van der Waals surface area contributed by atoms with E-state index in [9.17, 15) is 9.90 Å². The number of ether oxygens (including phenoxy) is 2. The Bertz CT molecular complexity index is 735. The Kier molecular flexibility index (Phi) is 6.17. The molecule has 0 unspecified atom stereocenters. The molecule has 4 N–H and O–H groups in total. The van der Waals surface area contributed by atoms with Gasteiger partial charge in [0.25, 0.3) is 5.91 Å². The van der Waals surface area contributed by atoms with Crippen LogP contribution in [0.5, 0.6) is 5.75 Å². The molecule has 140 valence electrons. The lowest BCUT2D eigenvalue weighted by atomic mass is 10.1. The molecule has 0 aliphatic carbocycles. The zero-order valence-corrected chi connectivity index (χ0v) is 14.7. The number of rotatable bonds is 7. The monoisotopic (exact) mass is 380 g/mol. The van der Waals surface area contributed by atoms with Gasteiger partial charge in [0.15, 0.2) is 0 Å². The summed E-state index contributed by atoms with van der Waals surface area (Å²) >= 11 is 1.28. The van der Waals surface area contributed by atoms with Crippen LogP contribution in [0.1, 0.15) is 28.0 Å². The number of aliphatic hydroxyl groups is 3. The van der Waals surface area contributed by atoms with Crippen molar-refractivity contribution >= 4 is 22.9 Å². The van der Waals surface area contributed by atoms with Gasteiger partial charge >= 0.3 is 0 Å². The normalized spacial score (nSPS) is 22.3. The maximum atomic E-state index is 12.3. The van der Waals surface area contributed by atoms with Gasteiger partial charge in [-0.05, 0) is 24.3 Å². The molecule has 3 rings (SSSR count). The van der Waals surface area contributed by atoms with Gasteiger partial charge in [-0.15, -0.1) is 11.3 Å². The predicted octanol–water partition coefficient (Wildman–Crippen LogP) is 0.950. The van der Waals surface area contributed by atoms with E-state index in [0.29, 0.717) is 22.9 Å². The minimum atomic E-state index is -0.738. The molecule has 1 amide bonds. The van der Waals surface area contributed by atoms with Crippen molar-refractivity contribution in [3.63, 3.8) is 0 Å². The van der Waals surface area contributed by atoms with E-state index >= 15 is 0 Å². The maximum absolute atomic E-state index is 12.3. The lowest BCUT2D eigenvalue weighted by Crippen LogP contribution is -2.24. The molecule has 2 heterocycles. The molecule has 0 bridgehead atoms. The first-order chi connectivity index (χ1) is 12.6. The van der Waals surface area contributed by atoms with Gasteiger partial charge < -0.3 is 30.1 Å². The van der Waals surface area contributed by atoms with Gasteiger partial charge in [0, 0.05) is 17.5 Å². The Balaban J connectivity index is 1.60. The fourth-order valence-corrected chi connectivity index (χ4v) is 3.43. The van der Waals surface area contributed by atoms with Crippen molar-refractivity contribution in [3.8, 4) is 5.75 Å². The van der Waals surface area contributed by atoms with E-state index in [0.717, 1.165) is 0 Å². The van der Waals surface area contributed by atoms with E-state index in [2.05, 4.69) is 10.3 Å². The molecule has 1 aromatic heterocycles. The number of benzene rings is 1. The summed E-state index contributed by atoms with van der Waals surface area (Å²) in [5, 5.41) is 32.6. The minimum absolute atomic E-state index is 0.0641. The summed E-state index contributed by atoms with van der Waals surface area (Å²) in [7, 11) is 0. The molecule has 26 heavy (non-hydrogen) atoms. The van der Waals surface area contributed by atoms with Crippen molar-refractivity contribution in [2.75, 3.05) is 25.1 Å². The average molecular weight is 380 g/mol. The van der Waals surface area contributed by atoms with Crippen molar-refractivity contribution in [2.24, 2.45) is 0 Å². The van der Waals surface area contributed by atoms with Gasteiger partial charge in [-0.2, -0.15) is 0 Å². The molecule has 0 radical (unpaired) electrons. The Labute approximate surface area is 154 Å². The summed E-state index contributed by atoms with van der Waals surface area (Å²) in [6, 6.07) is 6.78. The lowest BCUT2D eigenvalue weighted by Gasteiger charge is -2.10. The summed E-state index contributed by atoms with van der Waals surface area (Å²) < 4.78 is 10.8. The SMILES string of the molecule is O=C(Nc1ccc(OCCO)cc1)c1csc([C@@H]2C[C@H](O)[C@@H](CO)O2)n1. The zero-order chi connectivity index (χ0) is 18.5. The first-order valence-electron chi connectivity index (χ1n) is 8.15. The Hall–Kier alpha value is -2.04. The quantitative estimate of drug-likeness (QED) is 0.564. The minimum Gasteiger partial charge on any atom is -0.491 e. The Morgan fingerprint density at radius 1 is 1.35 bits per heavy atom. The van der Waals surface area contributed by atoms with Gasteiger partial charge in [-0.25, -0.2) is 4.98 Å². The number of aliphatic hydroxyl groups excluding tert-OH is 3. The second-order valence-electron chi connectivity index (χ2n) is 5.77. The molecule has 1 saturated heterocycles. The number of thiazole rings is 1. The molecule has 0 saturated carbocycles. The fourth-order valence-electron chi connectivity index (χ4n) is 2.58. The van der Waals surface area contributed by atoms with Crippen LogP contribution in [0.2, 0.25) is 0 Å². The topological polar surface area (TPSA) is 121 Å². The fraction of sp³-hybridized carbons (Fsp3) is 0.412. The molecule has 2 aromatic rings. The Morgan fingerprint density at radius 3 is 2.77 bits per heavy atom. The molecule has 1 fully saturated rings. The van der Waals surface area contributed by atoms with E-state index in [1.807, 2.05) is 0 Å². The van der Waals surface area contributed by atoms with E-state index in [1.54, 1.807) is 29.6 Å². The van der Waals surface area contributed by atoms with E-state index < -0.39 is 18.3 Å². The third-order valence-corrected chi connectivity index (χ3v) is 4.84. The van der Waals surface area contributed by atoms with Crippen molar-refractivity contribution in [1.29, 1.82) is 0 Å². The number of amides is 1. The van der Waals surface area contributed by atoms with Gasteiger partial charge in [0.2, 0.25) is 0 Å². The number of aromatic nitrogens is 1. The number of nitrogens with one attached hydrogen (secondary N) is 1. The molecule has 9 heteroatoms. The zero-order valence-electron chi connectivity index (χ0n) is 13.9. The largest absolute Gasteiger partial charge is 0.491 e. The van der Waals surface area contributed by atoms with Crippen LogP contribution in [0.15, 0.2) is 29.6 Å². The summed E-state index contributed by atoms with van der Waals surface area (Å²) in [5.74, 6) is 0.247. The molecule has 3 atom stereocenters. The molecule has 1 aliphatic heterocycles. The van der Waals surface area contributed by atoms with Gasteiger partial charge in [-0.3, -0.25) is 4.79 Å². The van der Waals surface area contributed by atoms with Gasteiger partial charge in [-0.1, -0.05) is 0 Å². The van der Waals surface area contributed by atoms with Crippen LogP contribution >= 0.6 is 11.3 Å². The highest BCUT2D eigenvalue weighted by atomic mass is 32.1. The van der Waals surface area contributed by atoms with Gasteiger partial charge in [0.05, 0.1) is 19.3 Å². The molecular weight excluding hydrogens is 360 g/mol. The molecule has 8 nitrogen and oxygen atoms in total. The second-order valence-corrected chi connectivity index (χ2v) is 6.66. The van der Waals surface area contributed by atoms with Gasteiger partial charge in [0.1, 0.15) is 35.3 Å². The van der Waals surface area contributed by atoms with E-state index in [1.165, 1.54) is 11.3 Å². The second kappa shape index (κ2) is 8.56. The van der Waals surface area contributed by atoms with Crippen LogP contribution in [0.3, 0.4) is 0 Å². The number of anilines is 1. The molecule has 0 spiro atoms. The molecular formula is C17H20N2O6S. The predicted molar refractivity (Wildman–Crippen MR) is 94.4 cm³/mol. The lowest BCUT2D eigenvalue weighted by molar-refractivity contribution is -0.0226. The third-order valence-electron chi connectivity index (χ3n) is 3.91. The summed E-state index contributed by atoms with van der Waals surface area (Å²) in [6.07, 6.45) is -1.43.